The zero-order valence-corrected chi connectivity index (χ0v) is 22.0. The Labute approximate surface area is 232 Å². The Kier molecular flexibility index (Phi) is 11.6. The minimum absolute atomic E-state index is 0.0583. The lowest BCUT2D eigenvalue weighted by atomic mass is 9.90. The molecule has 210 valence electrons. The van der Waals surface area contributed by atoms with E-state index < -0.39 is 17.0 Å². The average Bonchev–Trinajstić information content (AvgIpc) is 2.95. The summed E-state index contributed by atoms with van der Waals surface area (Å²) in [6, 6.07) is 25.3. The van der Waals surface area contributed by atoms with Gasteiger partial charge in [0.25, 0.3) is 5.96 Å². The van der Waals surface area contributed by atoms with Crippen molar-refractivity contribution in [3.8, 4) is 0 Å². The van der Waals surface area contributed by atoms with Gasteiger partial charge in [0.15, 0.2) is 5.03 Å². The van der Waals surface area contributed by atoms with Gasteiger partial charge in [0.1, 0.15) is 11.1 Å². The summed E-state index contributed by atoms with van der Waals surface area (Å²) in [6.45, 7) is 0.533. The van der Waals surface area contributed by atoms with Crippen LogP contribution in [0.4, 0.5) is 0 Å². The summed E-state index contributed by atoms with van der Waals surface area (Å²) in [5.74, 6) is -1.65. The lowest BCUT2D eigenvalue weighted by Gasteiger charge is -2.23. The van der Waals surface area contributed by atoms with Crippen molar-refractivity contribution in [2.75, 3.05) is 13.2 Å². The fourth-order valence-corrected chi connectivity index (χ4v) is 4.22. The molecule has 40 heavy (non-hydrogen) atoms. The van der Waals surface area contributed by atoms with E-state index in [0.717, 1.165) is 22.3 Å². The maximum atomic E-state index is 13.7. The molecule has 0 unspecified atom stereocenters. The smallest absolute Gasteiger partial charge is 0.266 e. The van der Waals surface area contributed by atoms with Crippen LogP contribution in [0.1, 0.15) is 41.0 Å². The van der Waals surface area contributed by atoms with Crippen LogP contribution in [0.2, 0.25) is 0 Å². The molecule has 3 rings (SSSR count). The van der Waals surface area contributed by atoms with Crippen molar-refractivity contribution in [1.29, 1.82) is 0 Å². The van der Waals surface area contributed by atoms with Gasteiger partial charge in [-0.25, -0.2) is 10.1 Å². The lowest BCUT2D eigenvalue weighted by molar-refractivity contribution is -0.485. The van der Waals surface area contributed by atoms with Crippen LogP contribution in [0.3, 0.4) is 0 Å². The maximum absolute atomic E-state index is 13.7. The number of hydrogen-bond acceptors (Lipinski definition) is 5. The quantitative estimate of drug-likeness (QED) is 0.0676. The number of aliphatic hydroxyl groups is 1. The number of nitro groups is 1. The van der Waals surface area contributed by atoms with Crippen molar-refractivity contribution in [3.63, 3.8) is 0 Å². The molecule has 2 amide bonds. The first-order valence-corrected chi connectivity index (χ1v) is 13.0. The van der Waals surface area contributed by atoms with E-state index >= 15 is 0 Å². The third-order valence-corrected chi connectivity index (χ3v) is 6.22. The summed E-state index contributed by atoms with van der Waals surface area (Å²) >= 11 is 0. The van der Waals surface area contributed by atoms with E-state index in [1.165, 1.54) is 0 Å². The highest BCUT2D eigenvalue weighted by Crippen LogP contribution is 2.25. The van der Waals surface area contributed by atoms with Gasteiger partial charge in [0.2, 0.25) is 11.8 Å². The molecule has 11 heteroatoms. The number of carbonyl (C=O) groups excluding carboxylic acids is 2. The van der Waals surface area contributed by atoms with Gasteiger partial charge in [-0.05, 0) is 41.5 Å². The molecule has 0 saturated carbocycles. The first-order chi connectivity index (χ1) is 19.4. The topological polar surface area (TPSA) is 172 Å². The highest BCUT2D eigenvalue weighted by molar-refractivity contribution is 5.92. The van der Waals surface area contributed by atoms with Gasteiger partial charge >= 0.3 is 0 Å². The van der Waals surface area contributed by atoms with Crippen molar-refractivity contribution in [2.45, 2.75) is 37.8 Å². The fourth-order valence-electron chi connectivity index (χ4n) is 4.22. The molecule has 0 aliphatic carbocycles. The summed E-state index contributed by atoms with van der Waals surface area (Å²) in [5.41, 5.74) is 8.92. The predicted octanol–water partition coefficient (Wildman–Crippen LogP) is 2.03. The summed E-state index contributed by atoms with van der Waals surface area (Å²) in [6.07, 6.45) is 1.18. The Morgan fingerprint density at radius 2 is 1.45 bits per heavy atom. The van der Waals surface area contributed by atoms with E-state index in [2.05, 4.69) is 21.1 Å². The van der Waals surface area contributed by atoms with Gasteiger partial charge in [0.05, 0.1) is 5.92 Å². The zero-order chi connectivity index (χ0) is 28.7. The number of nitrogens with two attached hydrogens (primary N) is 1. The molecule has 3 aromatic rings. The Morgan fingerprint density at radius 3 is 2.00 bits per heavy atom. The molecule has 3 aromatic carbocycles. The molecule has 0 aliphatic rings. The number of rotatable bonds is 14. The monoisotopic (exact) mass is 546 g/mol. The number of guanidine groups is 1. The molecule has 0 aromatic heterocycles. The van der Waals surface area contributed by atoms with Crippen LogP contribution in [0.25, 0.3) is 0 Å². The Bertz CT molecular complexity index is 1230. The van der Waals surface area contributed by atoms with E-state index in [-0.39, 0.29) is 43.9 Å². The SMILES string of the molecule is N/C(=N/[N+](=O)[O-])NCCC[C@@H](NC(=O)C(c1ccccc1)c1ccccc1)C(=O)NCc1ccc(CCO)cc1. The van der Waals surface area contributed by atoms with E-state index in [9.17, 15) is 19.7 Å². The number of amides is 2. The van der Waals surface area contributed by atoms with E-state index in [4.69, 9.17) is 10.8 Å². The second-order valence-electron chi connectivity index (χ2n) is 9.12. The van der Waals surface area contributed by atoms with E-state index in [0.29, 0.717) is 12.8 Å². The summed E-state index contributed by atoms with van der Waals surface area (Å²) in [5, 5.41) is 30.1. The van der Waals surface area contributed by atoms with Crippen molar-refractivity contribution in [2.24, 2.45) is 10.8 Å². The normalized spacial score (nSPS) is 12.0. The highest BCUT2D eigenvalue weighted by Gasteiger charge is 2.27. The Morgan fingerprint density at radius 1 is 0.875 bits per heavy atom. The Balaban J connectivity index is 1.73. The van der Waals surface area contributed by atoms with E-state index in [1.54, 1.807) is 0 Å². The molecule has 0 fully saturated rings. The molecule has 0 spiro atoms. The van der Waals surface area contributed by atoms with Crippen LogP contribution in [0, 0.1) is 10.1 Å². The second kappa shape index (κ2) is 15.6. The molecule has 11 nitrogen and oxygen atoms in total. The molecule has 0 saturated heterocycles. The number of aliphatic hydroxyl groups excluding tert-OH is 1. The predicted molar refractivity (Wildman–Crippen MR) is 152 cm³/mol. The molecular weight excluding hydrogens is 512 g/mol. The van der Waals surface area contributed by atoms with Gasteiger partial charge < -0.3 is 26.8 Å². The minimum atomic E-state index is -0.900. The van der Waals surface area contributed by atoms with Crippen LogP contribution in [-0.2, 0) is 22.6 Å². The van der Waals surface area contributed by atoms with Crippen molar-refractivity contribution in [1.82, 2.24) is 16.0 Å². The summed E-state index contributed by atoms with van der Waals surface area (Å²) in [7, 11) is 0. The van der Waals surface area contributed by atoms with E-state index in [1.807, 2.05) is 84.9 Å². The molecule has 0 radical (unpaired) electrons. The molecule has 6 N–H and O–H groups in total. The molecular formula is C29H34N6O5. The van der Waals surface area contributed by atoms with Gasteiger partial charge in [-0.3, -0.25) is 9.59 Å². The molecule has 0 heterocycles. The Hall–Kier alpha value is -4.77. The zero-order valence-electron chi connectivity index (χ0n) is 22.0. The minimum Gasteiger partial charge on any atom is -0.396 e. The van der Waals surface area contributed by atoms with Crippen LogP contribution >= 0.6 is 0 Å². The molecule has 0 aliphatic heterocycles. The first kappa shape index (κ1) is 29.8. The summed E-state index contributed by atoms with van der Waals surface area (Å²) in [4.78, 5) is 37.4. The van der Waals surface area contributed by atoms with Crippen molar-refractivity contribution < 1.29 is 19.7 Å². The number of carbonyl (C=O) groups is 2. The number of hydrazone groups is 1. The van der Waals surface area contributed by atoms with Gasteiger partial charge in [0, 0.05) is 19.7 Å². The van der Waals surface area contributed by atoms with Gasteiger partial charge in [-0.15, -0.1) is 0 Å². The number of benzene rings is 3. The number of nitrogens with zero attached hydrogens (tertiary/aromatic N) is 2. The van der Waals surface area contributed by atoms with Gasteiger partial charge in [-0.1, -0.05) is 84.9 Å². The molecule has 0 bridgehead atoms. The third kappa shape index (κ3) is 9.52. The second-order valence-corrected chi connectivity index (χ2v) is 9.12. The summed E-state index contributed by atoms with van der Waals surface area (Å²) < 4.78 is 0. The van der Waals surface area contributed by atoms with Crippen LogP contribution in [0.5, 0.6) is 0 Å². The first-order valence-electron chi connectivity index (χ1n) is 13.0. The highest BCUT2D eigenvalue weighted by atomic mass is 16.7. The van der Waals surface area contributed by atoms with Crippen LogP contribution < -0.4 is 21.7 Å². The van der Waals surface area contributed by atoms with Crippen molar-refractivity contribution >= 4 is 17.8 Å². The third-order valence-electron chi connectivity index (χ3n) is 6.22. The lowest BCUT2D eigenvalue weighted by Crippen LogP contribution is -2.48. The van der Waals surface area contributed by atoms with Gasteiger partial charge in [-0.2, -0.15) is 0 Å². The van der Waals surface area contributed by atoms with Crippen LogP contribution in [-0.4, -0.2) is 47.1 Å². The largest absolute Gasteiger partial charge is 0.396 e. The van der Waals surface area contributed by atoms with Crippen molar-refractivity contribution in [3.05, 3.63) is 117 Å². The maximum Gasteiger partial charge on any atom is 0.266 e. The number of nitrogens with one attached hydrogen (secondary N) is 3. The fraction of sp³-hybridized carbons (Fsp3) is 0.276. The standard InChI is InChI=1S/C29H34N6O5/c30-29(34-35(39)40)31-18-7-12-25(27(37)32-20-22-15-13-21(14-16-22)17-19-36)33-28(38)26(23-8-3-1-4-9-23)24-10-5-2-6-11-24/h1-6,8-11,13-16,25-26,36H,7,12,17-20H2,(H,32,37)(H,33,38)(H3,30,31,34)/t25-/m1/s1. The van der Waals surface area contributed by atoms with Crippen LogP contribution in [0.15, 0.2) is 90.0 Å². The average molecular weight is 547 g/mol. The number of hydrogen-bond donors (Lipinski definition) is 5. The molecule has 1 atom stereocenters.